The van der Waals surface area contributed by atoms with Gasteiger partial charge in [0.2, 0.25) is 0 Å². The summed E-state index contributed by atoms with van der Waals surface area (Å²) < 4.78 is 1.25. The summed E-state index contributed by atoms with van der Waals surface area (Å²) in [6, 6.07) is 18.6. The van der Waals surface area contributed by atoms with E-state index in [1.807, 2.05) is 18.2 Å². The van der Waals surface area contributed by atoms with Crippen LogP contribution in [-0.4, -0.2) is 13.1 Å². The molecule has 0 aliphatic rings. The van der Waals surface area contributed by atoms with Gasteiger partial charge < -0.3 is 10.6 Å². The second kappa shape index (κ2) is 6.49. The van der Waals surface area contributed by atoms with Crippen molar-refractivity contribution in [1.29, 1.82) is 0 Å². The number of nitrogens with one attached hydrogen (secondary N) is 2. The molecule has 0 unspecified atom stereocenters. The predicted octanol–water partition coefficient (Wildman–Crippen LogP) is 3.82. The SMILES string of the molecule is Ic1cccc(NCCNc2ccccc2)c1. The average molecular weight is 338 g/mol. The Kier molecular flexibility index (Phi) is 4.67. The monoisotopic (exact) mass is 338 g/mol. The number of benzene rings is 2. The van der Waals surface area contributed by atoms with Crippen molar-refractivity contribution in [2.45, 2.75) is 0 Å². The lowest BCUT2D eigenvalue weighted by molar-refractivity contribution is 1.08. The molecule has 88 valence electrons. The molecule has 2 N–H and O–H groups in total. The van der Waals surface area contributed by atoms with E-state index in [1.54, 1.807) is 0 Å². The molecule has 0 spiro atoms. The molecule has 0 radical (unpaired) electrons. The van der Waals surface area contributed by atoms with Gasteiger partial charge in [-0.1, -0.05) is 24.3 Å². The lowest BCUT2D eigenvalue weighted by Crippen LogP contribution is -2.13. The van der Waals surface area contributed by atoms with Gasteiger partial charge >= 0.3 is 0 Å². The van der Waals surface area contributed by atoms with Crippen LogP contribution in [-0.2, 0) is 0 Å². The van der Waals surface area contributed by atoms with Gasteiger partial charge in [-0.25, -0.2) is 0 Å². The molecule has 0 aromatic heterocycles. The molecule has 0 aliphatic carbocycles. The number of anilines is 2. The highest BCUT2D eigenvalue weighted by molar-refractivity contribution is 14.1. The molecule has 0 heterocycles. The van der Waals surface area contributed by atoms with Crippen molar-refractivity contribution in [3.05, 3.63) is 58.2 Å². The molecule has 2 nitrogen and oxygen atoms in total. The third-order valence-corrected chi connectivity index (χ3v) is 3.05. The minimum atomic E-state index is 0.912. The Morgan fingerprint density at radius 3 is 2.12 bits per heavy atom. The maximum absolute atomic E-state index is 3.39. The Bertz CT molecular complexity index is 457. The Morgan fingerprint density at radius 1 is 0.765 bits per heavy atom. The number of hydrogen-bond donors (Lipinski definition) is 2. The van der Waals surface area contributed by atoms with Crippen LogP contribution in [0, 0.1) is 3.57 Å². The predicted molar refractivity (Wildman–Crippen MR) is 82.6 cm³/mol. The van der Waals surface area contributed by atoms with E-state index in [-0.39, 0.29) is 0 Å². The molecule has 0 amide bonds. The first kappa shape index (κ1) is 12.2. The van der Waals surface area contributed by atoms with E-state index >= 15 is 0 Å². The van der Waals surface area contributed by atoms with Crippen molar-refractivity contribution in [2.75, 3.05) is 23.7 Å². The first-order chi connectivity index (χ1) is 8.34. The molecular weight excluding hydrogens is 323 g/mol. The molecule has 0 aliphatic heterocycles. The van der Waals surface area contributed by atoms with Gasteiger partial charge in [-0.2, -0.15) is 0 Å². The summed E-state index contributed by atoms with van der Waals surface area (Å²) in [5.74, 6) is 0. The number of halogens is 1. The lowest BCUT2D eigenvalue weighted by atomic mass is 10.3. The van der Waals surface area contributed by atoms with Crippen LogP contribution in [0.5, 0.6) is 0 Å². The van der Waals surface area contributed by atoms with Crippen LogP contribution < -0.4 is 10.6 Å². The lowest BCUT2D eigenvalue weighted by Gasteiger charge is -2.08. The number of para-hydroxylation sites is 1. The van der Waals surface area contributed by atoms with Gasteiger partial charge in [0.25, 0.3) is 0 Å². The van der Waals surface area contributed by atoms with E-state index in [0.717, 1.165) is 18.8 Å². The van der Waals surface area contributed by atoms with Gasteiger partial charge in [-0.05, 0) is 52.9 Å². The highest BCUT2D eigenvalue weighted by Gasteiger charge is 1.93. The average Bonchev–Trinajstić information content (AvgIpc) is 2.36. The second-order valence-corrected chi connectivity index (χ2v) is 4.98. The van der Waals surface area contributed by atoms with Gasteiger partial charge in [-0.3, -0.25) is 0 Å². The number of rotatable bonds is 5. The highest BCUT2D eigenvalue weighted by Crippen LogP contribution is 2.11. The zero-order valence-corrected chi connectivity index (χ0v) is 11.6. The van der Waals surface area contributed by atoms with Gasteiger partial charge in [0.05, 0.1) is 0 Å². The normalized spacial score (nSPS) is 9.94. The molecule has 2 aromatic carbocycles. The first-order valence-corrected chi connectivity index (χ1v) is 6.71. The zero-order valence-electron chi connectivity index (χ0n) is 9.49. The van der Waals surface area contributed by atoms with Crippen molar-refractivity contribution in [2.24, 2.45) is 0 Å². The third kappa shape index (κ3) is 4.26. The first-order valence-electron chi connectivity index (χ1n) is 5.63. The topological polar surface area (TPSA) is 24.1 Å². The molecule has 2 rings (SSSR count). The van der Waals surface area contributed by atoms with Gasteiger partial charge in [0.15, 0.2) is 0 Å². The van der Waals surface area contributed by atoms with E-state index < -0.39 is 0 Å². The summed E-state index contributed by atoms with van der Waals surface area (Å²) in [6.45, 7) is 1.82. The summed E-state index contributed by atoms with van der Waals surface area (Å²) in [7, 11) is 0. The molecule has 17 heavy (non-hydrogen) atoms. The van der Waals surface area contributed by atoms with E-state index in [1.165, 1.54) is 9.26 Å². The molecule has 2 aromatic rings. The molecule has 0 bridgehead atoms. The summed E-state index contributed by atoms with van der Waals surface area (Å²) in [5.41, 5.74) is 2.34. The van der Waals surface area contributed by atoms with Crippen molar-refractivity contribution in [3.8, 4) is 0 Å². The van der Waals surface area contributed by atoms with Gasteiger partial charge in [0.1, 0.15) is 0 Å². The second-order valence-electron chi connectivity index (χ2n) is 3.73. The molecular formula is C14H15IN2. The van der Waals surface area contributed by atoms with Crippen molar-refractivity contribution >= 4 is 34.0 Å². The Labute approximate surface area is 116 Å². The van der Waals surface area contributed by atoms with Crippen molar-refractivity contribution < 1.29 is 0 Å². The minimum Gasteiger partial charge on any atom is -0.383 e. The molecule has 0 saturated heterocycles. The van der Waals surface area contributed by atoms with Gasteiger partial charge in [0, 0.05) is 28.0 Å². The molecule has 3 heteroatoms. The van der Waals surface area contributed by atoms with E-state index in [9.17, 15) is 0 Å². The van der Waals surface area contributed by atoms with Crippen LogP contribution in [0.4, 0.5) is 11.4 Å². The zero-order chi connectivity index (χ0) is 11.9. The number of hydrogen-bond acceptors (Lipinski definition) is 2. The van der Waals surface area contributed by atoms with Crippen LogP contribution in [0.2, 0.25) is 0 Å². The van der Waals surface area contributed by atoms with Crippen LogP contribution in [0.1, 0.15) is 0 Å². The summed E-state index contributed by atoms with van der Waals surface area (Å²) in [4.78, 5) is 0. The maximum Gasteiger partial charge on any atom is 0.0351 e. The van der Waals surface area contributed by atoms with Crippen LogP contribution in [0.25, 0.3) is 0 Å². The standard InChI is InChI=1S/C14H15IN2/c15-12-5-4-8-14(11-12)17-10-9-16-13-6-2-1-3-7-13/h1-8,11,16-17H,9-10H2. The van der Waals surface area contributed by atoms with E-state index in [0.29, 0.717) is 0 Å². The fourth-order valence-electron chi connectivity index (χ4n) is 1.57. The summed E-state index contributed by atoms with van der Waals surface area (Å²) >= 11 is 2.32. The minimum absolute atomic E-state index is 0.912. The Morgan fingerprint density at radius 2 is 1.41 bits per heavy atom. The Balaban J connectivity index is 1.73. The Hall–Kier alpha value is -1.23. The maximum atomic E-state index is 3.39. The summed E-state index contributed by atoms with van der Waals surface area (Å²) in [5, 5.41) is 6.75. The fourth-order valence-corrected chi connectivity index (χ4v) is 2.11. The van der Waals surface area contributed by atoms with E-state index in [4.69, 9.17) is 0 Å². The van der Waals surface area contributed by atoms with Crippen molar-refractivity contribution in [3.63, 3.8) is 0 Å². The molecule has 0 fully saturated rings. The third-order valence-electron chi connectivity index (χ3n) is 2.38. The van der Waals surface area contributed by atoms with Crippen LogP contribution in [0.15, 0.2) is 54.6 Å². The van der Waals surface area contributed by atoms with Crippen LogP contribution >= 0.6 is 22.6 Å². The largest absolute Gasteiger partial charge is 0.383 e. The molecule has 0 atom stereocenters. The fraction of sp³-hybridized carbons (Fsp3) is 0.143. The van der Waals surface area contributed by atoms with Crippen LogP contribution in [0.3, 0.4) is 0 Å². The van der Waals surface area contributed by atoms with E-state index in [2.05, 4.69) is 69.6 Å². The van der Waals surface area contributed by atoms with Crippen molar-refractivity contribution in [1.82, 2.24) is 0 Å². The van der Waals surface area contributed by atoms with Gasteiger partial charge in [-0.15, -0.1) is 0 Å². The highest BCUT2D eigenvalue weighted by atomic mass is 127. The summed E-state index contributed by atoms with van der Waals surface area (Å²) in [6.07, 6.45) is 0. The molecule has 0 saturated carbocycles. The smallest absolute Gasteiger partial charge is 0.0351 e. The quantitative estimate of drug-likeness (QED) is 0.640.